The first kappa shape index (κ1) is 22.6. The van der Waals surface area contributed by atoms with Gasteiger partial charge < -0.3 is 24.3 Å². The lowest BCUT2D eigenvalue weighted by Crippen LogP contribution is -2.51. The Balaban J connectivity index is 1.16. The number of carbonyl (C=O) groups excluding carboxylic acids is 2. The zero-order valence-electron chi connectivity index (χ0n) is 19.9. The summed E-state index contributed by atoms with van der Waals surface area (Å²) in [5, 5.41) is 8.84. The molecule has 0 saturated carbocycles. The first-order valence-corrected chi connectivity index (χ1v) is 12.1. The molecule has 0 spiro atoms. The standard InChI is InChI=1S/C25H32N6O3/c1-18-3-4-21(15-19(18)2)31-17-20(16-24(31)32)25(33)30-9-7-28(8-10-30)22-5-6-23(27-26-22)29-11-13-34-14-12-29/h3-6,15,20H,7-14,16-17H2,1-2H3. The third-order valence-electron chi connectivity index (χ3n) is 7.16. The quantitative estimate of drug-likeness (QED) is 0.680. The van der Waals surface area contributed by atoms with Gasteiger partial charge in [-0.2, -0.15) is 0 Å². The Hall–Kier alpha value is -3.20. The van der Waals surface area contributed by atoms with Crippen LogP contribution in [0.5, 0.6) is 0 Å². The molecule has 2 amide bonds. The number of piperazine rings is 1. The molecule has 3 fully saturated rings. The maximum absolute atomic E-state index is 13.2. The fourth-order valence-electron chi connectivity index (χ4n) is 4.88. The van der Waals surface area contributed by atoms with Crippen molar-refractivity contribution < 1.29 is 14.3 Å². The van der Waals surface area contributed by atoms with Crippen LogP contribution in [0.1, 0.15) is 17.5 Å². The Labute approximate surface area is 200 Å². The van der Waals surface area contributed by atoms with Gasteiger partial charge in [-0.05, 0) is 49.2 Å². The highest BCUT2D eigenvalue weighted by atomic mass is 16.5. The van der Waals surface area contributed by atoms with Gasteiger partial charge in [-0.15, -0.1) is 10.2 Å². The average Bonchev–Trinajstić information content (AvgIpc) is 3.27. The Kier molecular flexibility index (Phi) is 6.36. The third-order valence-corrected chi connectivity index (χ3v) is 7.16. The van der Waals surface area contributed by atoms with Crippen molar-refractivity contribution in [3.05, 3.63) is 41.5 Å². The summed E-state index contributed by atoms with van der Waals surface area (Å²) >= 11 is 0. The Morgan fingerprint density at radius 3 is 2.15 bits per heavy atom. The first-order chi connectivity index (χ1) is 16.5. The van der Waals surface area contributed by atoms with Crippen molar-refractivity contribution in [3.8, 4) is 0 Å². The van der Waals surface area contributed by atoms with Gasteiger partial charge in [0.1, 0.15) is 0 Å². The second-order valence-electron chi connectivity index (χ2n) is 9.34. The number of nitrogens with zero attached hydrogens (tertiary/aromatic N) is 6. The summed E-state index contributed by atoms with van der Waals surface area (Å²) in [4.78, 5) is 33.9. The minimum Gasteiger partial charge on any atom is -0.378 e. The van der Waals surface area contributed by atoms with Crippen molar-refractivity contribution in [1.29, 1.82) is 0 Å². The van der Waals surface area contributed by atoms with Crippen LogP contribution in [0.4, 0.5) is 17.3 Å². The summed E-state index contributed by atoms with van der Waals surface area (Å²) in [5.74, 6) is 1.53. The highest BCUT2D eigenvalue weighted by Crippen LogP contribution is 2.28. The molecule has 3 saturated heterocycles. The molecule has 3 aliphatic rings. The number of aryl methyl sites for hydroxylation is 2. The molecule has 9 nitrogen and oxygen atoms in total. The summed E-state index contributed by atoms with van der Waals surface area (Å²) in [7, 11) is 0. The molecule has 1 aromatic carbocycles. The van der Waals surface area contributed by atoms with Crippen molar-refractivity contribution in [3.63, 3.8) is 0 Å². The van der Waals surface area contributed by atoms with E-state index in [1.54, 1.807) is 4.90 Å². The van der Waals surface area contributed by atoms with Gasteiger partial charge in [0.05, 0.1) is 19.1 Å². The van der Waals surface area contributed by atoms with Crippen LogP contribution >= 0.6 is 0 Å². The second-order valence-corrected chi connectivity index (χ2v) is 9.34. The van der Waals surface area contributed by atoms with E-state index >= 15 is 0 Å². The molecule has 0 N–H and O–H groups in total. The van der Waals surface area contributed by atoms with Crippen LogP contribution in [0, 0.1) is 19.8 Å². The molecule has 3 aliphatic heterocycles. The van der Waals surface area contributed by atoms with E-state index in [9.17, 15) is 9.59 Å². The predicted molar refractivity (Wildman–Crippen MR) is 130 cm³/mol. The molecule has 9 heteroatoms. The molecular formula is C25H32N6O3. The van der Waals surface area contributed by atoms with Gasteiger partial charge in [0, 0.05) is 57.9 Å². The molecule has 2 aromatic rings. The summed E-state index contributed by atoms with van der Waals surface area (Å²) in [6.45, 7) is 10.3. The monoisotopic (exact) mass is 464 g/mol. The topological polar surface area (TPSA) is 82.1 Å². The Morgan fingerprint density at radius 1 is 0.882 bits per heavy atom. The van der Waals surface area contributed by atoms with Crippen molar-refractivity contribution in [2.75, 3.05) is 73.7 Å². The number of anilines is 3. The first-order valence-electron chi connectivity index (χ1n) is 12.1. The lowest BCUT2D eigenvalue weighted by Gasteiger charge is -2.36. The van der Waals surface area contributed by atoms with Crippen molar-refractivity contribution in [1.82, 2.24) is 15.1 Å². The third kappa shape index (κ3) is 4.57. The van der Waals surface area contributed by atoms with Crippen LogP contribution in [0.2, 0.25) is 0 Å². The van der Waals surface area contributed by atoms with E-state index in [0.29, 0.717) is 45.9 Å². The number of amides is 2. The van der Waals surface area contributed by atoms with Gasteiger partial charge in [-0.1, -0.05) is 6.07 Å². The van der Waals surface area contributed by atoms with E-state index in [1.807, 2.05) is 42.2 Å². The van der Waals surface area contributed by atoms with Crippen LogP contribution in [-0.2, 0) is 14.3 Å². The SMILES string of the molecule is Cc1ccc(N2CC(C(=O)N3CCN(c4ccc(N5CCOCC5)nn4)CC3)CC2=O)cc1C. The fraction of sp³-hybridized carbons (Fsp3) is 0.520. The largest absolute Gasteiger partial charge is 0.378 e. The number of ether oxygens (including phenoxy) is 1. The van der Waals surface area contributed by atoms with Gasteiger partial charge in [-0.25, -0.2) is 0 Å². The zero-order valence-corrected chi connectivity index (χ0v) is 19.9. The number of hydrogen-bond acceptors (Lipinski definition) is 7. The van der Waals surface area contributed by atoms with E-state index in [-0.39, 0.29) is 24.2 Å². The van der Waals surface area contributed by atoms with Gasteiger partial charge >= 0.3 is 0 Å². The molecule has 4 heterocycles. The Bertz CT molecular complexity index is 1050. The highest BCUT2D eigenvalue weighted by Gasteiger charge is 2.38. The maximum atomic E-state index is 13.2. The molecule has 1 aromatic heterocycles. The second kappa shape index (κ2) is 9.58. The van der Waals surface area contributed by atoms with Crippen LogP contribution in [0.25, 0.3) is 0 Å². The van der Waals surface area contributed by atoms with Crippen molar-refractivity contribution in [2.45, 2.75) is 20.3 Å². The minimum absolute atomic E-state index is 0.0240. The zero-order chi connectivity index (χ0) is 23.7. The molecule has 34 heavy (non-hydrogen) atoms. The number of hydrogen-bond donors (Lipinski definition) is 0. The number of morpholine rings is 1. The summed E-state index contributed by atoms with van der Waals surface area (Å²) in [5.41, 5.74) is 3.23. The average molecular weight is 465 g/mol. The maximum Gasteiger partial charge on any atom is 0.228 e. The normalized spacial score (nSPS) is 21.4. The highest BCUT2D eigenvalue weighted by molar-refractivity contribution is 6.00. The molecule has 0 radical (unpaired) electrons. The fourth-order valence-corrected chi connectivity index (χ4v) is 4.88. The van der Waals surface area contributed by atoms with E-state index in [1.165, 1.54) is 5.56 Å². The van der Waals surface area contributed by atoms with Gasteiger partial charge in [0.25, 0.3) is 0 Å². The number of benzene rings is 1. The summed E-state index contributed by atoms with van der Waals surface area (Å²) in [6, 6.07) is 10.0. The van der Waals surface area contributed by atoms with Crippen molar-refractivity contribution in [2.24, 2.45) is 5.92 Å². The van der Waals surface area contributed by atoms with E-state index in [4.69, 9.17) is 4.74 Å². The number of carbonyl (C=O) groups is 2. The van der Waals surface area contributed by atoms with E-state index in [0.717, 1.165) is 36.0 Å². The van der Waals surface area contributed by atoms with Gasteiger partial charge in [0.15, 0.2) is 11.6 Å². The number of rotatable bonds is 4. The van der Waals surface area contributed by atoms with Crippen LogP contribution in [0.15, 0.2) is 30.3 Å². The lowest BCUT2D eigenvalue weighted by atomic mass is 10.1. The van der Waals surface area contributed by atoms with E-state index in [2.05, 4.69) is 26.9 Å². The molecule has 1 atom stereocenters. The molecule has 1 unspecified atom stereocenters. The van der Waals surface area contributed by atoms with E-state index < -0.39 is 0 Å². The lowest BCUT2D eigenvalue weighted by molar-refractivity contribution is -0.136. The van der Waals surface area contributed by atoms with Crippen LogP contribution in [0.3, 0.4) is 0 Å². The predicted octanol–water partition coefficient (Wildman–Crippen LogP) is 1.63. The molecule has 5 rings (SSSR count). The molecular weight excluding hydrogens is 432 g/mol. The smallest absolute Gasteiger partial charge is 0.228 e. The molecule has 0 aliphatic carbocycles. The van der Waals surface area contributed by atoms with Crippen LogP contribution in [-0.4, -0.2) is 85.9 Å². The summed E-state index contributed by atoms with van der Waals surface area (Å²) < 4.78 is 5.40. The minimum atomic E-state index is -0.284. The Morgan fingerprint density at radius 2 is 1.53 bits per heavy atom. The molecule has 0 bridgehead atoms. The summed E-state index contributed by atoms with van der Waals surface area (Å²) in [6.07, 6.45) is 0.278. The van der Waals surface area contributed by atoms with Crippen LogP contribution < -0.4 is 14.7 Å². The van der Waals surface area contributed by atoms with Crippen molar-refractivity contribution >= 4 is 29.1 Å². The van der Waals surface area contributed by atoms with Gasteiger partial charge in [-0.3, -0.25) is 9.59 Å². The molecule has 180 valence electrons. The van der Waals surface area contributed by atoms with Gasteiger partial charge in [0.2, 0.25) is 11.8 Å². The number of aromatic nitrogens is 2.